The molecule has 0 spiro atoms. The van der Waals surface area contributed by atoms with Gasteiger partial charge in [-0.3, -0.25) is 0 Å². The van der Waals surface area contributed by atoms with Crippen LogP contribution in [0, 0.1) is 5.92 Å². The van der Waals surface area contributed by atoms with Gasteiger partial charge in [0.1, 0.15) is 0 Å². The molecular weight excluding hydrogens is 192 g/mol. The highest BCUT2D eigenvalue weighted by atomic mass is 32.1. The van der Waals surface area contributed by atoms with Gasteiger partial charge in [-0.2, -0.15) is 11.3 Å². The Morgan fingerprint density at radius 1 is 1.50 bits per heavy atom. The highest BCUT2D eigenvalue weighted by Gasteiger charge is 2.12. The van der Waals surface area contributed by atoms with E-state index in [1.54, 1.807) is 11.3 Å². The highest BCUT2D eigenvalue weighted by Crippen LogP contribution is 2.12. The van der Waals surface area contributed by atoms with Gasteiger partial charge in [-0.15, -0.1) is 0 Å². The first kappa shape index (κ1) is 11.7. The summed E-state index contributed by atoms with van der Waals surface area (Å²) in [6, 6.07) is 2.75. The molecule has 0 saturated heterocycles. The first-order valence-corrected chi connectivity index (χ1v) is 6.13. The van der Waals surface area contributed by atoms with E-state index >= 15 is 0 Å². The predicted molar refractivity (Wildman–Crippen MR) is 63.7 cm³/mol. The highest BCUT2D eigenvalue weighted by molar-refractivity contribution is 7.07. The molecule has 3 N–H and O–H groups in total. The number of nitrogens with two attached hydrogens (primary N) is 1. The van der Waals surface area contributed by atoms with Gasteiger partial charge < -0.3 is 11.1 Å². The topological polar surface area (TPSA) is 38.0 Å². The van der Waals surface area contributed by atoms with E-state index in [4.69, 9.17) is 5.73 Å². The molecule has 1 rings (SSSR count). The van der Waals surface area contributed by atoms with Crippen molar-refractivity contribution in [3.05, 3.63) is 22.4 Å². The van der Waals surface area contributed by atoms with Gasteiger partial charge in [-0.25, -0.2) is 0 Å². The molecule has 1 aromatic heterocycles. The van der Waals surface area contributed by atoms with Gasteiger partial charge in [0.25, 0.3) is 0 Å². The van der Waals surface area contributed by atoms with Crippen molar-refractivity contribution in [1.29, 1.82) is 0 Å². The van der Waals surface area contributed by atoms with Crippen LogP contribution in [-0.4, -0.2) is 19.1 Å². The van der Waals surface area contributed by atoms with E-state index in [9.17, 15) is 0 Å². The quantitative estimate of drug-likeness (QED) is 0.755. The van der Waals surface area contributed by atoms with Gasteiger partial charge >= 0.3 is 0 Å². The average molecular weight is 212 g/mol. The summed E-state index contributed by atoms with van der Waals surface area (Å²) in [5.41, 5.74) is 6.92. The average Bonchev–Trinajstić information content (AvgIpc) is 2.64. The van der Waals surface area contributed by atoms with Crippen molar-refractivity contribution in [2.75, 3.05) is 13.1 Å². The summed E-state index contributed by atoms with van der Waals surface area (Å²) in [6.07, 6.45) is 1.11. The van der Waals surface area contributed by atoms with Crippen molar-refractivity contribution in [2.45, 2.75) is 26.3 Å². The maximum Gasteiger partial charge on any atom is 0.0131 e. The second-order valence-corrected chi connectivity index (χ2v) is 4.71. The van der Waals surface area contributed by atoms with Gasteiger partial charge in [0.05, 0.1) is 0 Å². The first-order valence-electron chi connectivity index (χ1n) is 5.18. The molecule has 2 nitrogen and oxygen atoms in total. The van der Waals surface area contributed by atoms with Crippen LogP contribution in [0.3, 0.4) is 0 Å². The fourth-order valence-electron chi connectivity index (χ4n) is 1.48. The molecule has 0 radical (unpaired) electrons. The van der Waals surface area contributed by atoms with E-state index in [-0.39, 0.29) is 0 Å². The van der Waals surface area contributed by atoms with Crippen LogP contribution in [0.15, 0.2) is 16.8 Å². The van der Waals surface area contributed by atoms with Crippen molar-refractivity contribution < 1.29 is 0 Å². The zero-order chi connectivity index (χ0) is 10.4. The summed E-state index contributed by atoms with van der Waals surface area (Å²) >= 11 is 1.76. The van der Waals surface area contributed by atoms with Crippen LogP contribution in [0.1, 0.15) is 19.4 Å². The van der Waals surface area contributed by atoms with Crippen LogP contribution in [0.4, 0.5) is 0 Å². The number of thiophene rings is 1. The molecule has 1 unspecified atom stereocenters. The first-order chi connectivity index (χ1) is 6.74. The van der Waals surface area contributed by atoms with Crippen molar-refractivity contribution in [3.63, 3.8) is 0 Å². The molecule has 80 valence electrons. The zero-order valence-electron chi connectivity index (χ0n) is 8.99. The van der Waals surface area contributed by atoms with Crippen LogP contribution in [0.2, 0.25) is 0 Å². The second kappa shape index (κ2) is 6.17. The Hall–Kier alpha value is -0.380. The van der Waals surface area contributed by atoms with Gasteiger partial charge in [0.2, 0.25) is 0 Å². The number of hydrogen-bond acceptors (Lipinski definition) is 3. The Labute approximate surface area is 90.5 Å². The number of nitrogens with one attached hydrogen (secondary N) is 1. The molecule has 0 saturated carbocycles. The van der Waals surface area contributed by atoms with Crippen LogP contribution in [0.25, 0.3) is 0 Å². The summed E-state index contributed by atoms with van der Waals surface area (Å²) in [6.45, 7) is 6.13. The fraction of sp³-hybridized carbons (Fsp3) is 0.636. The third-order valence-corrected chi connectivity index (χ3v) is 3.12. The summed E-state index contributed by atoms with van der Waals surface area (Å²) in [5.74, 6) is 0.654. The van der Waals surface area contributed by atoms with Crippen LogP contribution in [0.5, 0.6) is 0 Å². The maximum absolute atomic E-state index is 5.49. The lowest BCUT2D eigenvalue weighted by Crippen LogP contribution is -2.38. The van der Waals surface area contributed by atoms with Crippen molar-refractivity contribution >= 4 is 11.3 Å². The zero-order valence-corrected chi connectivity index (χ0v) is 9.81. The molecule has 1 aromatic rings. The summed E-state index contributed by atoms with van der Waals surface area (Å²) in [5, 5.41) is 7.84. The minimum absolute atomic E-state index is 0.549. The van der Waals surface area contributed by atoms with E-state index < -0.39 is 0 Å². The van der Waals surface area contributed by atoms with Crippen molar-refractivity contribution in [2.24, 2.45) is 11.7 Å². The minimum Gasteiger partial charge on any atom is -0.329 e. The van der Waals surface area contributed by atoms with Gasteiger partial charge in [-0.1, -0.05) is 13.8 Å². The molecule has 1 atom stereocenters. The van der Waals surface area contributed by atoms with Crippen LogP contribution < -0.4 is 11.1 Å². The van der Waals surface area contributed by atoms with Gasteiger partial charge in [0, 0.05) is 19.1 Å². The van der Waals surface area contributed by atoms with Gasteiger partial charge in [0.15, 0.2) is 0 Å². The third-order valence-electron chi connectivity index (χ3n) is 2.39. The molecule has 14 heavy (non-hydrogen) atoms. The van der Waals surface area contributed by atoms with E-state index in [2.05, 4.69) is 36.0 Å². The van der Waals surface area contributed by atoms with E-state index in [1.165, 1.54) is 5.56 Å². The van der Waals surface area contributed by atoms with Crippen LogP contribution in [-0.2, 0) is 6.42 Å². The summed E-state index contributed by atoms with van der Waals surface area (Å²) in [7, 11) is 0. The van der Waals surface area contributed by atoms with Crippen molar-refractivity contribution in [1.82, 2.24) is 5.32 Å². The Bertz CT molecular complexity index is 231. The second-order valence-electron chi connectivity index (χ2n) is 3.93. The third kappa shape index (κ3) is 3.78. The lowest BCUT2D eigenvalue weighted by atomic mass is 9.98. The Balaban J connectivity index is 2.43. The standard InChI is InChI=1S/C11H20N2S/c1-9(2)11(13-5-4-12)7-10-3-6-14-8-10/h3,6,8-9,11,13H,4-5,7,12H2,1-2H3. The molecule has 1 heterocycles. The van der Waals surface area contributed by atoms with E-state index in [0.29, 0.717) is 18.5 Å². The Morgan fingerprint density at radius 2 is 2.29 bits per heavy atom. The summed E-state index contributed by atoms with van der Waals surface area (Å²) < 4.78 is 0. The lowest BCUT2D eigenvalue weighted by molar-refractivity contribution is 0.401. The molecule has 0 aliphatic heterocycles. The largest absolute Gasteiger partial charge is 0.329 e. The normalized spacial score (nSPS) is 13.4. The molecule has 3 heteroatoms. The van der Waals surface area contributed by atoms with Crippen LogP contribution >= 0.6 is 11.3 Å². The molecule has 0 aromatic carbocycles. The smallest absolute Gasteiger partial charge is 0.0131 e. The molecular formula is C11H20N2S. The maximum atomic E-state index is 5.49. The minimum atomic E-state index is 0.549. The molecule has 0 amide bonds. The molecule has 0 aliphatic rings. The van der Waals surface area contributed by atoms with Crippen molar-refractivity contribution in [3.8, 4) is 0 Å². The lowest BCUT2D eigenvalue weighted by Gasteiger charge is -2.21. The number of hydrogen-bond donors (Lipinski definition) is 2. The predicted octanol–water partition coefficient (Wildman–Crippen LogP) is 1.86. The molecule has 0 fully saturated rings. The fourth-order valence-corrected chi connectivity index (χ4v) is 2.16. The Morgan fingerprint density at radius 3 is 2.79 bits per heavy atom. The van der Waals surface area contributed by atoms with Gasteiger partial charge in [-0.05, 0) is 34.7 Å². The Kier molecular flexibility index (Phi) is 5.15. The van der Waals surface area contributed by atoms with E-state index in [1.807, 2.05) is 0 Å². The molecule has 0 bridgehead atoms. The SMILES string of the molecule is CC(C)C(Cc1ccsc1)NCCN. The number of rotatable bonds is 6. The molecule has 0 aliphatic carbocycles. The van der Waals surface area contributed by atoms with E-state index in [0.717, 1.165) is 13.0 Å². The summed E-state index contributed by atoms with van der Waals surface area (Å²) in [4.78, 5) is 0. The monoisotopic (exact) mass is 212 g/mol.